The summed E-state index contributed by atoms with van der Waals surface area (Å²) < 4.78 is 6.80. The van der Waals surface area contributed by atoms with Gasteiger partial charge in [0.05, 0.1) is 0 Å². The first kappa shape index (κ1) is 36.3. The smallest absolute Gasteiger partial charge is 0.163 e. The van der Waals surface area contributed by atoms with E-state index in [1.54, 1.807) is 5.31 Å². The standard InChI is InChI=1S/C55H42N3OP/c1-5-17-38(18-6-1)53-56-54(39-19-7-2-8-20-39)58-55(57-53)41-22-15-21-40(35-41)45-29-16-30-50-51(45)49-36-48(46-27-13-14-28-47(46)52(49)59-50)37-31-33-44(34-32-37)60(42-23-9-3-10-24-42)43-25-11-4-12-26-43/h1-11,13-19,21-23,25,27-36,39,42H,12,20,24,26H2. The number of hydrogen-bond acceptors (Lipinski definition) is 4. The maximum Gasteiger partial charge on any atom is 0.163 e. The van der Waals surface area contributed by atoms with Crippen LogP contribution in [0.4, 0.5) is 0 Å². The van der Waals surface area contributed by atoms with E-state index < -0.39 is 7.92 Å². The maximum absolute atomic E-state index is 6.80. The highest BCUT2D eigenvalue weighted by molar-refractivity contribution is 7.70. The van der Waals surface area contributed by atoms with Gasteiger partial charge in [-0.2, -0.15) is 0 Å². The number of hydrogen-bond donors (Lipinski definition) is 0. The molecule has 2 heterocycles. The molecule has 8 aromatic rings. The zero-order valence-electron chi connectivity index (χ0n) is 33.2. The molecule has 4 nitrogen and oxygen atoms in total. The molecule has 0 bridgehead atoms. The van der Waals surface area contributed by atoms with Crippen molar-refractivity contribution in [3.63, 3.8) is 0 Å². The summed E-state index contributed by atoms with van der Waals surface area (Å²) in [5.74, 6) is 2.22. The highest BCUT2D eigenvalue weighted by Gasteiger charge is 2.26. The van der Waals surface area contributed by atoms with Crippen molar-refractivity contribution in [2.45, 2.75) is 37.3 Å². The number of aromatic nitrogens is 3. The van der Waals surface area contributed by atoms with Crippen LogP contribution in [0.5, 0.6) is 0 Å². The van der Waals surface area contributed by atoms with Gasteiger partial charge in [0.15, 0.2) is 11.6 Å². The zero-order chi connectivity index (χ0) is 39.8. The molecule has 288 valence electrons. The van der Waals surface area contributed by atoms with Crippen LogP contribution < -0.4 is 5.30 Å². The van der Waals surface area contributed by atoms with Crippen molar-refractivity contribution in [2.75, 3.05) is 0 Å². The van der Waals surface area contributed by atoms with Crippen molar-refractivity contribution in [3.8, 4) is 45.0 Å². The van der Waals surface area contributed by atoms with Gasteiger partial charge in [0.1, 0.15) is 17.0 Å². The Kier molecular flexibility index (Phi) is 9.56. The van der Waals surface area contributed by atoms with Gasteiger partial charge in [-0.3, -0.25) is 0 Å². The van der Waals surface area contributed by atoms with Crippen molar-refractivity contribution in [2.24, 2.45) is 0 Å². The molecule has 3 atom stereocenters. The number of benzene rings is 6. The van der Waals surface area contributed by atoms with Crippen LogP contribution in [0.1, 0.15) is 37.4 Å². The van der Waals surface area contributed by atoms with Crippen molar-refractivity contribution < 1.29 is 4.42 Å². The summed E-state index contributed by atoms with van der Waals surface area (Å²) in [6.07, 6.45) is 28.8. The Morgan fingerprint density at radius 1 is 0.533 bits per heavy atom. The predicted octanol–water partition coefficient (Wildman–Crippen LogP) is 14.4. The predicted molar refractivity (Wildman–Crippen MR) is 252 cm³/mol. The molecule has 5 heteroatoms. The quantitative estimate of drug-likeness (QED) is 0.144. The van der Waals surface area contributed by atoms with E-state index in [1.165, 1.54) is 21.8 Å². The second-order valence-corrected chi connectivity index (χ2v) is 18.2. The average Bonchev–Trinajstić information content (AvgIpc) is 3.72. The van der Waals surface area contributed by atoms with Crippen LogP contribution in [0.15, 0.2) is 204 Å². The third-order valence-electron chi connectivity index (χ3n) is 12.0. The first-order valence-electron chi connectivity index (χ1n) is 21.0. The van der Waals surface area contributed by atoms with E-state index in [1.807, 2.05) is 18.2 Å². The van der Waals surface area contributed by atoms with Crippen molar-refractivity contribution in [3.05, 3.63) is 205 Å². The molecule has 0 N–H and O–H groups in total. The molecule has 6 aromatic carbocycles. The second kappa shape index (κ2) is 15.8. The second-order valence-electron chi connectivity index (χ2n) is 15.7. The Labute approximate surface area is 351 Å². The largest absolute Gasteiger partial charge is 0.455 e. The van der Waals surface area contributed by atoms with E-state index in [4.69, 9.17) is 19.4 Å². The third kappa shape index (κ3) is 6.77. The molecule has 3 aliphatic carbocycles. The number of furan rings is 1. The average molecular weight is 792 g/mol. The molecule has 0 fully saturated rings. The number of allylic oxidation sites excluding steroid dienone is 12. The highest BCUT2D eigenvalue weighted by Crippen LogP contribution is 2.54. The minimum absolute atomic E-state index is 0.0919. The van der Waals surface area contributed by atoms with Gasteiger partial charge in [-0.1, -0.05) is 176 Å². The van der Waals surface area contributed by atoms with Gasteiger partial charge in [0, 0.05) is 38.9 Å². The third-order valence-corrected chi connectivity index (χ3v) is 14.9. The summed E-state index contributed by atoms with van der Waals surface area (Å²) in [5.41, 5.74) is 8.81. The van der Waals surface area contributed by atoms with E-state index in [0.717, 1.165) is 81.1 Å². The van der Waals surface area contributed by atoms with Crippen LogP contribution in [0.3, 0.4) is 0 Å². The first-order valence-corrected chi connectivity index (χ1v) is 22.4. The topological polar surface area (TPSA) is 51.8 Å². The molecule has 0 radical (unpaired) electrons. The maximum atomic E-state index is 6.80. The van der Waals surface area contributed by atoms with Crippen LogP contribution in [-0.4, -0.2) is 20.6 Å². The fraction of sp³-hybridized carbons (Fsp3) is 0.109. The summed E-state index contributed by atoms with van der Waals surface area (Å²) in [5, 5.41) is 7.54. The van der Waals surface area contributed by atoms with Crippen LogP contribution in [0, 0.1) is 0 Å². The van der Waals surface area contributed by atoms with E-state index in [-0.39, 0.29) is 5.92 Å². The van der Waals surface area contributed by atoms with Crippen LogP contribution in [0.25, 0.3) is 77.7 Å². The summed E-state index contributed by atoms with van der Waals surface area (Å²) >= 11 is 0. The molecule has 2 aromatic heterocycles. The molecule has 0 saturated carbocycles. The minimum atomic E-state index is -0.483. The molecule has 0 aliphatic heterocycles. The van der Waals surface area contributed by atoms with E-state index in [0.29, 0.717) is 17.3 Å². The fourth-order valence-electron chi connectivity index (χ4n) is 9.05. The van der Waals surface area contributed by atoms with E-state index in [9.17, 15) is 0 Å². The van der Waals surface area contributed by atoms with Gasteiger partial charge < -0.3 is 4.42 Å². The lowest BCUT2D eigenvalue weighted by Crippen LogP contribution is -2.14. The summed E-state index contributed by atoms with van der Waals surface area (Å²) in [4.78, 5) is 15.1. The SMILES string of the molecule is C1=CCCC(P(c2ccc(-c3cc4c(oc5cccc(-c6cccc(-c7nc(-c8ccccc8)nc(C8C=CC=CC8)n7)c6)c54)c4ccccc34)cc2)C2C=CC=CC2)=C1. The Hall–Kier alpha value is -6.74. The van der Waals surface area contributed by atoms with Crippen LogP contribution in [-0.2, 0) is 0 Å². The van der Waals surface area contributed by atoms with E-state index in [2.05, 4.69) is 176 Å². The van der Waals surface area contributed by atoms with Crippen LogP contribution in [0.2, 0.25) is 0 Å². The molecule has 3 aliphatic rings. The van der Waals surface area contributed by atoms with Gasteiger partial charge in [-0.15, -0.1) is 0 Å². The monoisotopic (exact) mass is 791 g/mol. The summed E-state index contributed by atoms with van der Waals surface area (Å²) in [7, 11) is -0.483. The lowest BCUT2D eigenvalue weighted by atomic mass is 9.93. The molecule has 0 amide bonds. The zero-order valence-corrected chi connectivity index (χ0v) is 34.0. The molecule has 3 unspecified atom stereocenters. The molecule has 11 rings (SSSR count). The number of fused-ring (bicyclic) bond motifs is 5. The molecule has 60 heavy (non-hydrogen) atoms. The van der Waals surface area contributed by atoms with Crippen molar-refractivity contribution >= 4 is 45.9 Å². The first-order chi connectivity index (χ1) is 29.7. The van der Waals surface area contributed by atoms with Gasteiger partial charge in [-0.25, -0.2) is 15.0 Å². The molecule has 0 saturated heterocycles. The number of nitrogens with zero attached hydrogens (tertiary/aromatic N) is 3. The number of rotatable bonds is 8. The lowest BCUT2D eigenvalue weighted by Gasteiger charge is -2.30. The van der Waals surface area contributed by atoms with Gasteiger partial charge >= 0.3 is 0 Å². The highest BCUT2D eigenvalue weighted by atomic mass is 31.1. The van der Waals surface area contributed by atoms with Gasteiger partial charge in [0.25, 0.3) is 0 Å². The normalized spacial score (nSPS) is 17.8. The van der Waals surface area contributed by atoms with Crippen LogP contribution >= 0.6 is 7.92 Å². The Balaban J connectivity index is 1.03. The summed E-state index contributed by atoms with van der Waals surface area (Å²) in [6, 6.07) is 45.7. The van der Waals surface area contributed by atoms with E-state index >= 15 is 0 Å². The van der Waals surface area contributed by atoms with Gasteiger partial charge in [0.2, 0.25) is 0 Å². The molecule has 0 spiro atoms. The Morgan fingerprint density at radius 3 is 2.07 bits per heavy atom. The Morgan fingerprint density at radius 2 is 1.28 bits per heavy atom. The summed E-state index contributed by atoms with van der Waals surface area (Å²) in [6.45, 7) is 0. The fourth-order valence-corrected chi connectivity index (χ4v) is 11.9. The van der Waals surface area contributed by atoms with Gasteiger partial charge in [-0.05, 0) is 90.1 Å². The van der Waals surface area contributed by atoms with Crippen molar-refractivity contribution in [1.82, 2.24) is 15.0 Å². The molecular formula is C55H42N3OP. The Bertz CT molecular complexity index is 3110. The van der Waals surface area contributed by atoms with Crippen molar-refractivity contribution in [1.29, 1.82) is 0 Å². The lowest BCUT2D eigenvalue weighted by molar-refractivity contribution is 0.673. The molecular weight excluding hydrogens is 750 g/mol. The minimum Gasteiger partial charge on any atom is -0.455 e.